The van der Waals surface area contributed by atoms with E-state index in [1.807, 2.05) is 36.0 Å². The van der Waals surface area contributed by atoms with Crippen LogP contribution in [0.2, 0.25) is 0 Å². The van der Waals surface area contributed by atoms with Crippen LogP contribution in [0.15, 0.2) is 79.6 Å². The Morgan fingerprint density at radius 3 is 2.05 bits per heavy atom. The molecule has 0 fully saturated rings. The van der Waals surface area contributed by atoms with Crippen LogP contribution in [0.3, 0.4) is 0 Å². The molecule has 3 heteroatoms. The molecule has 0 unspecified atom stereocenters. The van der Waals surface area contributed by atoms with Crippen LogP contribution in [0, 0.1) is 0 Å². The van der Waals surface area contributed by atoms with Gasteiger partial charge in [-0.2, -0.15) is 0 Å². The Morgan fingerprint density at radius 1 is 1.00 bits per heavy atom. The van der Waals surface area contributed by atoms with Crippen LogP contribution >= 0.6 is 0 Å². The van der Waals surface area contributed by atoms with E-state index < -0.39 is 0 Å². The van der Waals surface area contributed by atoms with Gasteiger partial charge < -0.3 is 4.57 Å². The zero-order chi connectivity index (χ0) is 15.4. The van der Waals surface area contributed by atoms with Crippen molar-refractivity contribution in [2.45, 2.75) is 12.7 Å². The zero-order valence-corrected chi connectivity index (χ0v) is 12.7. The van der Waals surface area contributed by atoms with Gasteiger partial charge in [-0.05, 0) is 23.9 Å². The minimum Gasteiger partial charge on any atom is -0.317 e. The largest absolute Gasteiger partial charge is 0.317 e. The van der Waals surface area contributed by atoms with Gasteiger partial charge in [-0.15, -0.1) is 0 Å². The molecule has 0 atom stereocenters. The van der Waals surface area contributed by atoms with Crippen molar-refractivity contribution in [3.05, 3.63) is 90.8 Å². The first-order valence-electron chi connectivity index (χ1n) is 7.39. The maximum absolute atomic E-state index is 4.47. The van der Waals surface area contributed by atoms with Gasteiger partial charge in [0.1, 0.15) is 0 Å². The molecule has 1 aromatic heterocycles. The number of benzene rings is 2. The van der Waals surface area contributed by atoms with Crippen molar-refractivity contribution in [3.8, 4) is 0 Å². The summed E-state index contributed by atoms with van der Waals surface area (Å²) in [5.41, 5.74) is 4.39. The van der Waals surface area contributed by atoms with E-state index in [0.29, 0.717) is 0 Å². The van der Waals surface area contributed by atoms with Crippen molar-refractivity contribution in [1.29, 1.82) is 0 Å². The summed E-state index contributed by atoms with van der Waals surface area (Å²) in [4.78, 5) is 4.47. The molecule has 107 valence electrons. The third-order valence-electron chi connectivity index (χ3n) is 3.71. The van der Waals surface area contributed by atoms with E-state index in [4.69, 9.17) is 0 Å². The first kappa shape index (κ1) is 14.4. The average Bonchev–Trinajstić information content (AvgIpc) is 3.03. The second-order valence-electron chi connectivity index (χ2n) is 5.36. The van der Waals surface area contributed by atoms with Crippen molar-refractivity contribution >= 4 is 18.7 Å². The molecule has 1 radical (unpaired) electrons. The Morgan fingerprint density at radius 2 is 1.55 bits per heavy atom. The average molecular weight is 285 g/mol. The number of allylic oxidation sites excluding steroid dienone is 1. The summed E-state index contributed by atoms with van der Waals surface area (Å²) in [6.45, 7) is 6.00. The minimum absolute atomic E-state index is 0.169. The Labute approximate surface area is 132 Å². The Balaban J connectivity index is 1.99. The first-order chi connectivity index (χ1) is 10.8. The second kappa shape index (κ2) is 6.48. The van der Waals surface area contributed by atoms with E-state index in [9.17, 15) is 0 Å². The van der Waals surface area contributed by atoms with Gasteiger partial charge in [0.25, 0.3) is 0 Å². The molecule has 0 N–H and O–H groups in total. The molecule has 2 aromatic carbocycles. The quantitative estimate of drug-likeness (QED) is 0.656. The van der Waals surface area contributed by atoms with Gasteiger partial charge in [-0.3, -0.25) is 4.98 Å². The molecule has 0 aliphatic carbocycles. The fraction of sp³-hybridized carbons (Fsp3) is 0.105. The summed E-state index contributed by atoms with van der Waals surface area (Å²) in [5.74, 6) is 0.169. The lowest BCUT2D eigenvalue weighted by molar-refractivity contribution is 1.09. The normalized spacial score (nSPS) is 10.6. The van der Waals surface area contributed by atoms with Crippen LogP contribution in [-0.4, -0.2) is 16.8 Å². The van der Waals surface area contributed by atoms with Crippen LogP contribution < -0.4 is 5.72 Å². The Kier molecular flexibility index (Phi) is 4.24. The molecule has 0 amide bonds. The standard InChI is InChI=1S/C19H18BN2/c1-15(2)22-14-13-21-19(22)20-18(16-9-5-3-6-10-16)17-11-7-4-8-12-17/h3-14,18H,1H2,2H3. The molecule has 0 spiro atoms. The Bertz CT molecular complexity index is 708. The summed E-state index contributed by atoms with van der Waals surface area (Å²) in [7, 11) is 2.19. The molecular formula is C19H18BN2. The SMILES string of the molecule is C=C(C)n1ccnc1[B]C(c1ccccc1)c1ccccc1. The van der Waals surface area contributed by atoms with Crippen molar-refractivity contribution in [2.75, 3.05) is 0 Å². The van der Waals surface area contributed by atoms with E-state index in [1.165, 1.54) is 11.1 Å². The van der Waals surface area contributed by atoms with Crippen LogP contribution in [0.1, 0.15) is 23.9 Å². The maximum atomic E-state index is 4.47. The number of hydrogen-bond donors (Lipinski definition) is 0. The van der Waals surface area contributed by atoms with E-state index >= 15 is 0 Å². The molecular weight excluding hydrogens is 267 g/mol. The van der Waals surface area contributed by atoms with Crippen molar-refractivity contribution in [1.82, 2.24) is 9.55 Å². The van der Waals surface area contributed by atoms with Gasteiger partial charge in [-0.25, -0.2) is 0 Å². The molecule has 1 heterocycles. The van der Waals surface area contributed by atoms with Gasteiger partial charge in [0.05, 0.1) is 5.72 Å². The fourth-order valence-corrected chi connectivity index (χ4v) is 2.62. The van der Waals surface area contributed by atoms with E-state index in [1.54, 1.807) is 0 Å². The second-order valence-corrected chi connectivity index (χ2v) is 5.36. The molecule has 2 nitrogen and oxygen atoms in total. The molecule has 0 aliphatic heterocycles. The zero-order valence-electron chi connectivity index (χ0n) is 12.7. The highest BCUT2D eigenvalue weighted by Gasteiger charge is 2.19. The number of imidazole rings is 1. The third kappa shape index (κ3) is 3.04. The molecule has 0 bridgehead atoms. The summed E-state index contributed by atoms with van der Waals surface area (Å²) in [6, 6.07) is 21.0. The smallest absolute Gasteiger partial charge is 0.216 e. The number of hydrogen-bond acceptors (Lipinski definition) is 1. The third-order valence-corrected chi connectivity index (χ3v) is 3.71. The van der Waals surface area contributed by atoms with Crippen LogP contribution in [0.4, 0.5) is 0 Å². The van der Waals surface area contributed by atoms with Crippen LogP contribution in [0.25, 0.3) is 5.70 Å². The summed E-state index contributed by atoms with van der Waals surface area (Å²) in [5, 5.41) is 0. The van der Waals surface area contributed by atoms with Gasteiger partial charge >= 0.3 is 0 Å². The predicted molar refractivity (Wildman–Crippen MR) is 93.3 cm³/mol. The lowest BCUT2D eigenvalue weighted by atomic mass is 9.58. The topological polar surface area (TPSA) is 17.8 Å². The van der Waals surface area contributed by atoms with Crippen LogP contribution in [0.5, 0.6) is 0 Å². The lowest BCUT2D eigenvalue weighted by Gasteiger charge is -2.18. The maximum Gasteiger partial charge on any atom is 0.216 e. The van der Waals surface area contributed by atoms with Gasteiger partial charge in [0, 0.05) is 18.1 Å². The van der Waals surface area contributed by atoms with Crippen molar-refractivity contribution < 1.29 is 0 Å². The number of aromatic nitrogens is 2. The van der Waals surface area contributed by atoms with Gasteiger partial charge in [0.2, 0.25) is 7.28 Å². The van der Waals surface area contributed by atoms with E-state index in [2.05, 4.69) is 67.4 Å². The van der Waals surface area contributed by atoms with Crippen LogP contribution in [-0.2, 0) is 0 Å². The molecule has 0 saturated carbocycles. The van der Waals surface area contributed by atoms with Crippen molar-refractivity contribution in [3.63, 3.8) is 0 Å². The summed E-state index contributed by atoms with van der Waals surface area (Å²) in [6.07, 6.45) is 3.76. The minimum atomic E-state index is 0.169. The Hall–Kier alpha value is -2.55. The highest BCUT2D eigenvalue weighted by atomic mass is 15.0. The summed E-state index contributed by atoms with van der Waals surface area (Å²) < 4.78 is 2.01. The van der Waals surface area contributed by atoms with Gasteiger partial charge in [0.15, 0.2) is 0 Å². The molecule has 3 aromatic rings. The monoisotopic (exact) mass is 285 g/mol. The fourth-order valence-electron chi connectivity index (χ4n) is 2.62. The van der Waals surface area contributed by atoms with E-state index in [-0.39, 0.29) is 5.82 Å². The molecule has 3 rings (SSSR count). The molecule has 0 aliphatic rings. The summed E-state index contributed by atoms with van der Waals surface area (Å²) >= 11 is 0. The van der Waals surface area contributed by atoms with E-state index in [0.717, 1.165) is 11.4 Å². The van der Waals surface area contributed by atoms with Crippen molar-refractivity contribution in [2.24, 2.45) is 0 Å². The first-order valence-corrected chi connectivity index (χ1v) is 7.39. The molecule has 0 saturated heterocycles. The lowest BCUT2D eigenvalue weighted by Crippen LogP contribution is -2.30. The predicted octanol–water partition coefficient (Wildman–Crippen LogP) is 3.49. The molecule has 22 heavy (non-hydrogen) atoms. The number of rotatable bonds is 5. The highest BCUT2D eigenvalue weighted by molar-refractivity contribution is 6.54. The number of nitrogens with zero attached hydrogens (tertiary/aromatic N) is 2. The highest BCUT2D eigenvalue weighted by Crippen LogP contribution is 2.23. The van der Waals surface area contributed by atoms with Gasteiger partial charge in [-0.1, -0.05) is 67.2 Å².